The van der Waals surface area contributed by atoms with Crippen LogP contribution in [0.15, 0.2) is 77.6 Å². The largest absolute Gasteiger partial charge is 0.416 e. The van der Waals surface area contributed by atoms with Crippen LogP contribution in [0.4, 0.5) is 32.0 Å². The van der Waals surface area contributed by atoms with E-state index in [0.717, 1.165) is 10.5 Å². The van der Waals surface area contributed by atoms with Crippen LogP contribution in [0.3, 0.4) is 0 Å². The highest BCUT2D eigenvalue weighted by Crippen LogP contribution is 2.37. The van der Waals surface area contributed by atoms with Crippen LogP contribution in [0.25, 0.3) is 10.9 Å². The van der Waals surface area contributed by atoms with Crippen LogP contribution >= 0.6 is 0 Å². The Morgan fingerprint density at radius 1 is 0.909 bits per heavy atom. The van der Waals surface area contributed by atoms with Gasteiger partial charge in [0, 0.05) is 39.1 Å². The van der Waals surface area contributed by atoms with Gasteiger partial charge in [-0.25, -0.2) is 0 Å². The summed E-state index contributed by atoms with van der Waals surface area (Å²) in [7, 11) is 2.74. The lowest BCUT2D eigenvalue weighted by molar-refractivity contribution is -0.143. The third-order valence-corrected chi connectivity index (χ3v) is 7.69. The number of halogens is 6. The van der Waals surface area contributed by atoms with Crippen LogP contribution in [0, 0.1) is 0 Å². The van der Waals surface area contributed by atoms with Crippen molar-refractivity contribution in [1.82, 2.24) is 9.47 Å². The molecule has 2 heterocycles. The number of aromatic nitrogens is 1. The SMILES string of the molecule is CN(Cc1cc(C(F)(F)F)cc(C(F)(F)F)c1)C(=O)c1c(N2CCC(OCc3ccccc3)C2)c2ccccc2n(C)c1=O. The lowest BCUT2D eigenvalue weighted by Crippen LogP contribution is -2.37. The number of anilines is 1. The van der Waals surface area contributed by atoms with Crippen molar-refractivity contribution in [3.8, 4) is 0 Å². The highest BCUT2D eigenvalue weighted by Gasteiger charge is 2.37. The van der Waals surface area contributed by atoms with Crippen molar-refractivity contribution < 1.29 is 35.9 Å². The number of aryl methyl sites for hydroxylation is 1. The quantitative estimate of drug-likeness (QED) is 0.218. The van der Waals surface area contributed by atoms with E-state index < -0.39 is 41.5 Å². The maximum absolute atomic E-state index is 13.9. The number of benzene rings is 3. The van der Waals surface area contributed by atoms with Crippen molar-refractivity contribution in [2.45, 2.75) is 38.0 Å². The van der Waals surface area contributed by atoms with E-state index in [1.807, 2.05) is 35.2 Å². The van der Waals surface area contributed by atoms with Crippen LogP contribution < -0.4 is 10.5 Å². The Morgan fingerprint density at radius 2 is 1.52 bits per heavy atom. The zero-order chi connectivity index (χ0) is 31.8. The van der Waals surface area contributed by atoms with Gasteiger partial charge in [-0.05, 0) is 41.8 Å². The minimum absolute atomic E-state index is 0.0339. The first kappa shape index (κ1) is 31.1. The molecular weight excluding hydrogens is 588 g/mol. The van der Waals surface area contributed by atoms with Gasteiger partial charge >= 0.3 is 12.4 Å². The lowest BCUT2D eigenvalue weighted by Gasteiger charge is -2.27. The van der Waals surface area contributed by atoms with Crippen LogP contribution in [-0.2, 0) is 37.3 Å². The van der Waals surface area contributed by atoms with Gasteiger partial charge in [0.15, 0.2) is 0 Å². The fourth-order valence-corrected chi connectivity index (χ4v) is 5.50. The van der Waals surface area contributed by atoms with E-state index in [2.05, 4.69) is 0 Å². The molecule has 44 heavy (non-hydrogen) atoms. The van der Waals surface area contributed by atoms with Gasteiger partial charge in [0.1, 0.15) is 5.56 Å². The molecule has 0 N–H and O–H groups in total. The molecule has 1 amide bonds. The number of carbonyl (C=O) groups is 1. The molecule has 0 radical (unpaired) electrons. The van der Waals surface area contributed by atoms with E-state index in [1.54, 1.807) is 24.3 Å². The first-order chi connectivity index (χ1) is 20.7. The van der Waals surface area contributed by atoms with Gasteiger partial charge in [0.25, 0.3) is 11.5 Å². The number of hydrogen-bond acceptors (Lipinski definition) is 4. The van der Waals surface area contributed by atoms with Crippen molar-refractivity contribution in [1.29, 1.82) is 0 Å². The van der Waals surface area contributed by atoms with Crippen LogP contribution in [0.1, 0.15) is 39.0 Å². The van der Waals surface area contributed by atoms with Crippen molar-refractivity contribution in [3.05, 3.63) is 111 Å². The number of alkyl halides is 6. The van der Waals surface area contributed by atoms with Gasteiger partial charge in [0.2, 0.25) is 0 Å². The molecule has 5 rings (SSSR count). The van der Waals surface area contributed by atoms with Gasteiger partial charge in [0.05, 0.1) is 35.0 Å². The molecule has 0 saturated carbocycles. The number of nitrogens with zero attached hydrogens (tertiary/aromatic N) is 3. The molecule has 12 heteroatoms. The summed E-state index contributed by atoms with van der Waals surface area (Å²) in [5.41, 5.74) is -2.29. The van der Waals surface area contributed by atoms with Crippen LogP contribution in [0.5, 0.6) is 0 Å². The maximum atomic E-state index is 13.9. The van der Waals surface area contributed by atoms with Crippen molar-refractivity contribution in [2.75, 3.05) is 25.0 Å². The van der Waals surface area contributed by atoms with Crippen LogP contribution in [-0.4, -0.2) is 41.6 Å². The maximum Gasteiger partial charge on any atom is 0.416 e. The van der Waals surface area contributed by atoms with E-state index >= 15 is 0 Å². The summed E-state index contributed by atoms with van der Waals surface area (Å²) < 4.78 is 88.1. The Hall–Kier alpha value is -4.32. The molecule has 1 aliphatic heterocycles. The smallest absolute Gasteiger partial charge is 0.372 e. The summed E-state index contributed by atoms with van der Waals surface area (Å²) in [6, 6.07) is 17.8. The second-order valence-electron chi connectivity index (χ2n) is 10.8. The molecule has 4 aromatic rings. The second kappa shape index (κ2) is 12.0. The fourth-order valence-electron chi connectivity index (χ4n) is 5.50. The molecule has 6 nitrogen and oxygen atoms in total. The summed E-state index contributed by atoms with van der Waals surface area (Å²) in [5.74, 6) is -0.828. The zero-order valence-electron chi connectivity index (χ0n) is 23.9. The van der Waals surface area contributed by atoms with E-state index in [0.29, 0.717) is 54.8 Å². The van der Waals surface area contributed by atoms with Gasteiger partial charge < -0.3 is 19.1 Å². The first-order valence-corrected chi connectivity index (χ1v) is 13.8. The predicted molar refractivity (Wildman–Crippen MR) is 153 cm³/mol. The summed E-state index contributed by atoms with van der Waals surface area (Å²) in [4.78, 5) is 30.4. The summed E-state index contributed by atoms with van der Waals surface area (Å²) in [5, 5.41) is 0.605. The van der Waals surface area contributed by atoms with Crippen molar-refractivity contribution in [2.24, 2.45) is 7.05 Å². The van der Waals surface area contributed by atoms with E-state index in [9.17, 15) is 35.9 Å². The third kappa shape index (κ3) is 6.45. The standard InChI is InChI=1S/C32H29F6N3O3/c1-39(17-21-14-22(31(33,34)35)16-23(15-21)32(36,37)38)29(42)27-28(25-10-6-7-11-26(25)40(2)30(27)43)41-13-12-24(18-41)44-19-20-8-4-3-5-9-20/h3-11,14-16,24H,12-13,17-19H2,1-2H3. The average Bonchev–Trinajstić information content (AvgIpc) is 3.45. The Morgan fingerprint density at radius 3 is 2.16 bits per heavy atom. The van der Waals surface area contributed by atoms with Crippen molar-refractivity contribution in [3.63, 3.8) is 0 Å². The topological polar surface area (TPSA) is 54.8 Å². The Bertz CT molecular complexity index is 1700. The summed E-state index contributed by atoms with van der Waals surface area (Å²) in [6.45, 7) is 0.617. The fraction of sp³-hybridized carbons (Fsp3) is 0.312. The number of rotatable bonds is 7. The third-order valence-electron chi connectivity index (χ3n) is 7.69. The minimum Gasteiger partial charge on any atom is -0.372 e. The molecule has 1 atom stereocenters. The number of fused-ring (bicyclic) bond motifs is 1. The van der Waals surface area contributed by atoms with Gasteiger partial charge in [-0.15, -0.1) is 0 Å². The zero-order valence-corrected chi connectivity index (χ0v) is 23.9. The van der Waals surface area contributed by atoms with E-state index in [1.165, 1.54) is 18.7 Å². The average molecular weight is 618 g/mol. The molecule has 232 valence electrons. The summed E-state index contributed by atoms with van der Waals surface area (Å²) >= 11 is 0. The Kier molecular flexibility index (Phi) is 8.48. The molecule has 0 aliphatic carbocycles. The molecule has 0 bridgehead atoms. The normalized spacial score (nSPS) is 15.6. The minimum atomic E-state index is -5.03. The molecule has 1 aromatic heterocycles. The van der Waals surface area contributed by atoms with Gasteiger partial charge in [-0.1, -0.05) is 48.5 Å². The van der Waals surface area contributed by atoms with Gasteiger partial charge in [-0.3, -0.25) is 9.59 Å². The molecule has 1 fully saturated rings. The molecule has 1 saturated heterocycles. The van der Waals surface area contributed by atoms with Crippen LogP contribution in [0.2, 0.25) is 0 Å². The first-order valence-electron chi connectivity index (χ1n) is 13.8. The lowest BCUT2D eigenvalue weighted by atomic mass is 10.0. The number of carbonyl (C=O) groups excluding carboxylic acids is 1. The number of amides is 1. The molecular formula is C32H29F6N3O3. The van der Waals surface area contributed by atoms with Crippen molar-refractivity contribution >= 4 is 22.5 Å². The predicted octanol–water partition coefficient (Wildman–Crippen LogP) is 6.64. The molecule has 3 aromatic carbocycles. The number of para-hydroxylation sites is 1. The summed E-state index contributed by atoms with van der Waals surface area (Å²) in [6.07, 6.45) is -9.65. The highest BCUT2D eigenvalue weighted by atomic mass is 19.4. The molecule has 1 aliphatic rings. The Labute approximate surface area is 249 Å². The number of ether oxygens (including phenoxy) is 1. The molecule has 0 spiro atoms. The highest BCUT2D eigenvalue weighted by molar-refractivity contribution is 6.07. The number of pyridine rings is 1. The Balaban J connectivity index is 1.49. The second-order valence-corrected chi connectivity index (χ2v) is 10.8. The van der Waals surface area contributed by atoms with E-state index in [4.69, 9.17) is 4.74 Å². The number of hydrogen-bond donors (Lipinski definition) is 0. The molecule has 1 unspecified atom stereocenters. The van der Waals surface area contributed by atoms with E-state index in [-0.39, 0.29) is 23.3 Å². The van der Waals surface area contributed by atoms with Gasteiger partial charge in [-0.2, -0.15) is 26.3 Å². The monoisotopic (exact) mass is 617 g/mol.